The van der Waals surface area contributed by atoms with E-state index in [1.54, 1.807) is 0 Å². The fraction of sp³-hybridized carbons (Fsp3) is 0.538. The minimum absolute atomic E-state index is 0.245. The molecule has 2 aromatic heterocycles. The summed E-state index contributed by atoms with van der Waals surface area (Å²) >= 11 is 0. The van der Waals surface area contributed by atoms with Gasteiger partial charge in [0.25, 0.3) is 8.53 Å². The molecule has 0 aliphatic carbocycles. The number of furan rings is 1. The molecule has 35 heavy (non-hydrogen) atoms. The molecular weight excluding hydrogens is 467 g/mol. The van der Waals surface area contributed by atoms with E-state index in [-0.39, 0.29) is 17.7 Å². The fourth-order valence-corrected chi connectivity index (χ4v) is 5.77. The second kappa shape index (κ2) is 12.1. The Morgan fingerprint density at radius 1 is 0.971 bits per heavy atom. The summed E-state index contributed by atoms with van der Waals surface area (Å²) in [4.78, 5) is 11.9. The Kier molecular flexibility index (Phi) is 9.46. The van der Waals surface area contributed by atoms with Gasteiger partial charge in [0.2, 0.25) is 0 Å². The average Bonchev–Trinajstić information content (AvgIpc) is 3.09. The van der Waals surface area contributed by atoms with Gasteiger partial charge in [-0.05, 0) is 60.1 Å². The number of rotatable bonds is 12. The molecule has 3 aromatic rings. The molecule has 0 saturated heterocycles. The molecule has 0 fully saturated rings. The number of hydrogen-bond donors (Lipinski definition) is 0. The molecule has 0 saturated carbocycles. The molecule has 9 heteroatoms. The summed E-state index contributed by atoms with van der Waals surface area (Å²) in [6, 6.07) is 6.11. The van der Waals surface area contributed by atoms with Gasteiger partial charge in [0.15, 0.2) is 0 Å². The number of ether oxygens (including phenoxy) is 1. The molecule has 0 spiro atoms. The van der Waals surface area contributed by atoms with E-state index in [2.05, 4.69) is 38.4 Å². The molecule has 1 aromatic carbocycles. The van der Waals surface area contributed by atoms with E-state index in [4.69, 9.17) is 27.9 Å². The molecule has 0 N–H and O–H groups in total. The minimum atomic E-state index is -1.29. The van der Waals surface area contributed by atoms with Crippen LogP contribution in [0.5, 0.6) is 0 Å². The lowest BCUT2D eigenvalue weighted by Gasteiger charge is -2.35. The van der Waals surface area contributed by atoms with Crippen LogP contribution in [0.1, 0.15) is 56.6 Å². The molecule has 0 bridgehead atoms. The minimum Gasteiger partial charge on any atom is -0.461 e. The van der Waals surface area contributed by atoms with E-state index in [9.17, 15) is 4.79 Å². The quantitative estimate of drug-likeness (QED) is 0.162. The summed E-state index contributed by atoms with van der Waals surface area (Å²) in [6.45, 7) is 15.6. The smallest absolute Gasteiger partial charge is 0.336 e. The van der Waals surface area contributed by atoms with Crippen molar-refractivity contribution < 1.29 is 22.6 Å². The number of nitrogens with zero attached hydrogens (tertiary/aromatic N) is 2. The maximum absolute atomic E-state index is 11.9. The molecule has 0 aliphatic rings. The van der Waals surface area contributed by atoms with Gasteiger partial charge in [-0.25, -0.2) is 9.46 Å². The van der Waals surface area contributed by atoms with Gasteiger partial charge in [-0.15, -0.1) is 0 Å². The van der Waals surface area contributed by atoms with Crippen LogP contribution >= 0.6 is 8.53 Å². The third kappa shape index (κ3) is 6.30. The average molecular weight is 503 g/mol. The van der Waals surface area contributed by atoms with Crippen molar-refractivity contribution in [2.45, 2.75) is 73.6 Å². The van der Waals surface area contributed by atoms with Crippen molar-refractivity contribution in [1.29, 1.82) is 5.26 Å². The van der Waals surface area contributed by atoms with Crippen molar-refractivity contribution >= 4 is 30.5 Å². The number of hydrogen-bond acceptors (Lipinski definition) is 8. The van der Waals surface area contributed by atoms with Crippen LogP contribution in [0.4, 0.5) is 0 Å². The van der Waals surface area contributed by atoms with Crippen molar-refractivity contribution in [2.24, 2.45) is 0 Å². The molecular formula is C26H35N2O6P. The SMILES string of the molecule is Cc1oc2c(C)c3oc(=O)cc(C)c3cc2c1COCCOP(OCCC#N)N(C(C)C)C(C)C. The first-order chi connectivity index (χ1) is 16.6. The molecule has 1 atom stereocenters. The zero-order chi connectivity index (χ0) is 25.7. The van der Waals surface area contributed by atoms with E-state index in [0.29, 0.717) is 44.0 Å². The molecule has 0 aliphatic heterocycles. The Labute approximate surface area is 207 Å². The zero-order valence-corrected chi connectivity index (χ0v) is 22.5. The molecule has 0 amide bonds. The monoisotopic (exact) mass is 502 g/mol. The predicted octanol–water partition coefficient (Wildman–Crippen LogP) is 6.27. The third-order valence-corrected chi connectivity index (χ3v) is 7.87. The van der Waals surface area contributed by atoms with Crippen LogP contribution in [0.15, 0.2) is 25.8 Å². The first-order valence-corrected chi connectivity index (χ1v) is 13.0. The predicted molar refractivity (Wildman–Crippen MR) is 137 cm³/mol. The van der Waals surface area contributed by atoms with Crippen molar-refractivity contribution in [2.75, 3.05) is 19.8 Å². The van der Waals surface area contributed by atoms with Crippen LogP contribution < -0.4 is 5.63 Å². The zero-order valence-electron chi connectivity index (χ0n) is 21.6. The van der Waals surface area contributed by atoms with E-state index >= 15 is 0 Å². The van der Waals surface area contributed by atoms with Gasteiger partial charge in [0.05, 0.1) is 38.9 Å². The number of benzene rings is 1. The lowest BCUT2D eigenvalue weighted by atomic mass is 10.0. The highest BCUT2D eigenvalue weighted by molar-refractivity contribution is 7.44. The first kappa shape index (κ1) is 27.3. The summed E-state index contributed by atoms with van der Waals surface area (Å²) in [6.07, 6.45) is 0.326. The molecule has 190 valence electrons. The van der Waals surface area contributed by atoms with Gasteiger partial charge in [-0.1, -0.05) is 0 Å². The van der Waals surface area contributed by atoms with Crippen LogP contribution in [0.3, 0.4) is 0 Å². The van der Waals surface area contributed by atoms with Crippen molar-refractivity contribution in [1.82, 2.24) is 4.67 Å². The van der Waals surface area contributed by atoms with Gasteiger partial charge in [0, 0.05) is 40.0 Å². The summed E-state index contributed by atoms with van der Waals surface area (Å²) in [5.41, 5.74) is 3.53. The number of aryl methyl sites for hydroxylation is 3. The van der Waals surface area contributed by atoms with E-state index in [0.717, 1.165) is 33.2 Å². The second-order valence-corrected chi connectivity index (χ2v) is 10.5. The normalized spacial score (nSPS) is 12.9. The Morgan fingerprint density at radius 3 is 2.29 bits per heavy atom. The maximum Gasteiger partial charge on any atom is 0.336 e. The van der Waals surface area contributed by atoms with Crippen molar-refractivity contribution in [3.05, 3.63) is 45.0 Å². The molecule has 8 nitrogen and oxygen atoms in total. The molecule has 0 radical (unpaired) electrons. The summed E-state index contributed by atoms with van der Waals surface area (Å²) in [5.74, 6) is 0.771. The van der Waals surface area contributed by atoms with Crippen LogP contribution in [0.25, 0.3) is 21.9 Å². The number of nitriles is 1. The third-order valence-electron chi connectivity index (χ3n) is 5.76. The van der Waals surface area contributed by atoms with E-state index in [1.165, 1.54) is 6.07 Å². The topological polar surface area (TPSA) is 98.1 Å². The Balaban J connectivity index is 1.70. The van der Waals surface area contributed by atoms with E-state index < -0.39 is 8.53 Å². The van der Waals surface area contributed by atoms with Crippen LogP contribution in [-0.2, 0) is 20.4 Å². The van der Waals surface area contributed by atoms with Crippen molar-refractivity contribution in [3.8, 4) is 6.07 Å². The highest BCUT2D eigenvalue weighted by atomic mass is 31.2. The highest BCUT2D eigenvalue weighted by Gasteiger charge is 2.27. The lowest BCUT2D eigenvalue weighted by molar-refractivity contribution is 0.0784. The van der Waals surface area contributed by atoms with Gasteiger partial charge in [-0.3, -0.25) is 0 Å². The van der Waals surface area contributed by atoms with Crippen LogP contribution in [0, 0.1) is 32.1 Å². The Morgan fingerprint density at radius 2 is 1.63 bits per heavy atom. The Hall–Kier alpha value is -2.27. The standard InChI is InChI=1S/C26H35N2O6P/c1-16(2)28(17(3)4)35(31-10-8-9-27)32-12-11-30-15-23-20(7)33-26-19(6)25-21(14-22(23)26)18(5)13-24(29)34-25/h13-14,16-17H,8,10-12,15H2,1-7H3. The molecule has 1 unspecified atom stereocenters. The second-order valence-electron chi connectivity index (χ2n) is 9.07. The van der Waals surface area contributed by atoms with Gasteiger partial charge >= 0.3 is 5.63 Å². The van der Waals surface area contributed by atoms with Crippen LogP contribution in [-0.4, -0.2) is 36.6 Å². The molecule has 2 heterocycles. The number of fused-ring (bicyclic) bond motifs is 2. The van der Waals surface area contributed by atoms with Gasteiger partial charge < -0.3 is 22.6 Å². The van der Waals surface area contributed by atoms with Gasteiger partial charge in [-0.2, -0.15) is 5.26 Å². The van der Waals surface area contributed by atoms with Crippen LogP contribution in [0.2, 0.25) is 0 Å². The fourth-order valence-electron chi connectivity index (χ4n) is 4.19. The summed E-state index contributed by atoms with van der Waals surface area (Å²) in [7, 11) is -1.29. The lowest BCUT2D eigenvalue weighted by Crippen LogP contribution is -2.34. The summed E-state index contributed by atoms with van der Waals surface area (Å²) < 4.78 is 31.6. The van der Waals surface area contributed by atoms with E-state index in [1.807, 2.05) is 26.8 Å². The van der Waals surface area contributed by atoms with Crippen molar-refractivity contribution in [3.63, 3.8) is 0 Å². The maximum atomic E-state index is 11.9. The Bertz CT molecular complexity index is 1250. The highest BCUT2D eigenvalue weighted by Crippen LogP contribution is 2.45. The first-order valence-electron chi connectivity index (χ1n) is 11.9. The summed E-state index contributed by atoms with van der Waals surface area (Å²) in [5, 5.41) is 10.7. The van der Waals surface area contributed by atoms with Gasteiger partial charge in [0.1, 0.15) is 16.9 Å². The largest absolute Gasteiger partial charge is 0.461 e. The molecule has 3 rings (SSSR count).